The lowest BCUT2D eigenvalue weighted by atomic mass is 9.70. The summed E-state index contributed by atoms with van der Waals surface area (Å²) >= 11 is 0. The summed E-state index contributed by atoms with van der Waals surface area (Å²) in [6.45, 7) is 3.84. The molecule has 1 heterocycles. The Labute approximate surface area is 212 Å². The maximum absolute atomic E-state index is 14.8. The van der Waals surface area contributed by atoms with Gasteiger partial charge in [-0.1, -0.05) is 42.5 Å². The van der Waals surface area contributed by atoms with E-state index in [4.69, 9.17) is 4.74 Å². The SMILES string of the molecule is Cc1cccc(O[C@H]2CCc3cc4c(cc3N(C(=O)[C@@H](C)c3ccccc3)C2)C(F)C4(O)C(F)(F)F)c1. The van der Waals surface area contributed by atoms with E-state index in [1.54, 1.807) is 6.92 Å². The minimum atomic E-state index is -5.16. The zero-order chi connectivity index (χ0) is 26.5. The van der Waals surface area contributed by atoms with E-state index in [2.05, 4.69) is 0 Å². The van der Waals surface area contributed by atoms with Crippen LogP contribution in [0.1, 0.15) is 53.3 Å². The Kier molecular flexibility index (Phi) is 6.26. The molecule has 3 aromatic carbocycles. The number of halogens is 4. The van der Waals surface area contributed by atoms with Crippen LogP contribution >= 0.6 is 0 Å². The van der Waals surface area contributed by atoms with Gasteiger partial charge >= 0.3 is 6.18 Å². The Bertz CT molecular complexity index is 1330. The number of anilines is 1. The molecule has 1 aliphatic carbocycles. The van der Waals surface area contributed by atoms with Crippen molar-refractivity contribution in [2.24, 2.45) is 0 Å². The van der Waals surface area contributed by atoms with Crippen molar-refractivity contribution in [2.75, 3.05) is 11.4 Å². The standard InChI is InChI=1S/C29H27F4NO3/c1-17-7-6-10-21(13-17)37-22-12-11-20-14-24-23(26(30)28(24,36)29(31,32)33)15-25(20)34(16-22)27(35)18(2)19-8-4-3-5-9-19/h3-10,13-15,18,22,26,36H,11-12,16H2,1-2H3/t18-,22-,26?,28?/m0/s1. The molecule has 8 heteroatoms. The molecule has 4 atom stereocenters. The number of carbonyl (C=O) groups is 1. The predicted molar refractivity (Wildman–Crippen MR) is 131 cm³/mol. The lowest BCUT2D eigenvalue weighted by Crippen LogP contribution is -2.53. The minimum absolute atomic E-state index is 0.149. The molecule has 1 N–H and O–H groups in total. The van der Waals surface area contributed by atoms with Crippen molar-refractivity contribution in [3.05, 3.63) is 94.5 Å². The number of hydrogen-bond donors (Lipinski definition) is 1. The molecule has 3 aromatic rings. The third-order valence-corrected chi connectivity index (χ3v) is 7.37. The van der Waals surface area contributed by atoms with Crippen molar-refractivity contribution >= 4 is 11.6 Å². The van der Waals surface area contributed by atoms with Crippen LogP contribution in [0.4, 0.5) is 23.2 Å². The van der Waals surface area contributed by atoms with Crippen LogP contribution in [0.15, 0.2) is 66.7 Å². The molecule has 0 radical (unpaired) electrons. The highest BCUT2D eigenvalue weighted by Crippen LogP contribution is 2.60. The summed E-state index contributed by atoms with van der Waals surface area (Å²) in [4.78, 5) is 15.3. The average molecular weight is 514 g/mol. The Morgan fingerprint density at radius 2 is 1.84 bits per heavy atom. The van der Waals surface area contributed by atoms with Gasteiger partial charge in [0.2, 0.25) is 11.5 Å². The van der Waals surface area contributed by atoms with Gasteiger partial charge in [0.15, 0.2) is 6.17 Å². The number of carbonyl (C=O) groups excluding carboxylic acids is 1. The fourth-order valence-corrected chi connectivity index (χ4v) is 5.23. The van der Waals surface area contributed by atoms with Crippen LogP contribution in [0.2, 0.25) is 0 Å². The van der Waals surface area contributed by atoms with Gasteiger partial charge in [-0.2, -0.15) is 13.2 Å². The molecule has 37 heavy (non-hydrogen) atoms. The molecule has 0 bridgehead atoms. The first kappa shape index (κ1) is 25.3. The molecule has 2 aliphatic rings. The van der Waals surface area contributed by atoms with Crippen molar-refractivity contribution < 1.29 is 32.2 Å². The minimum Gasteiger partial charge on any atom is -0.489 e. The number of ether oxygens (including phenoxy) is 1. The van der Waals surface area contributed by atoms with E-state index >= 15 is 0 Å². The van der Waals surface area contributed by atoms with E-state index in [0.717, 1.165) is 11.1 Å². The summed E-state index contributed by atoms with van der Waals surface area (Å²) in [7, 11) is 0. The molecule has 0 aromatic heterocycles. The van der Waals surface area contributed by atoms with Gasteiger partial charge in [-0.3, -0.25) is 4.79 Å². The predicted octanol–water partition coefficient (Wildman–Crippen LogP) is 6.30. The zero-order valence-electron chi connectivity index (χ0n) is 20.4. The smallest absolute Gasteiger partial charge is 0.424 e. The van der Waals surface area contributed by atoms with Crippen molar-refractivity contribution in [3.8, 4) is 5.75 Å². The zero-order valence-corrected chi connectivity index (χ0v) is 20.4. The highest BCUT2D eigenvalue weighted by atomic mass is 19.4. The van der Waals surface area contributed by atoms with Gasteiger partial charge in [0, 0.05) is 11.3 Å². The quantitative estimate of drug-likeness (QED) is 0.417. The maximum atomic E-state index is 14.8. The van der Waals surface area contributed by atoms with Gasteiger partial charge in [-0.05, 0) is 73.2 Å². The summed E-state index contributed by atoms with van der Waals surface area (Å²) in [5.74, 6) is -0.195. The Morgan fingerprint density at radius 1 is 1.11 bits per heavy atom. The number of hydrogen-bond acceptors (Lipinski definition) is 3. The molecular formula is C29H27F4NO3. The molecule has 2 unspecified atom stereocenters. The monoisotopic (exact) mass is 513 g/mol. The van der Waals surface area contributed by atoms with Crippen molar-refractivity contribution in [2.45, 2.75) is 56.7 Å². The number of aryl methyl sites for hydroxylation is 2. The first-order valence-electron chi connectivity index (χ1n) is 12.2. The van der Waals surface area contributed by atoms with Gasteiger partial charge in [0.1, 0.15) is 11.9 Å². The number of benzene rings is 3. The third-order valence-electron chi connectivity index (χ3n) is 7.37. The largest absolute Gasteiger partial charge is 0.489 e. The lowest BCUT2D eigenvalue weighted by molar-refractivity contribution is -0.302. The summed E-state index contributed by atoms with van der Waals surface area (Å²) < 4.78 is 61.8. The normalized spacial score (nSPS) is 23.8. The first-order chi connectivity index (χ1) is 17.5. The number of fused-ring (bicyclic) bond motifs is 2. The maximum Gasteiger partial charge on any atom is 0.424 e. The van der Waals surface area contributed by atoms with E-state index < -0.39 is 35.5 Å². The van der Waals surface area contributed by atoms with E-state index in [1.165, 1.54) is 17.0 Å². The highest BCUT2D eigenvalue weighted by molar-refractivity contribution is 5.99. The fourth-order valence-electron chi connectivity index (χ4n) is 5.23. The molecule has 0 fully saturated rings. The lowest BCUT2D eigenvalue weighted by Gasteiger charge is -2.44. The summed E-state index contributed by atoms with van der Waals surface area (Å²) in [6.07, 6.45) is -7.51. The average Bonchev–Trinajstić information content (AvgIpc) is 3.05. The second-order valence-electron chi connectivity index (χ2n) is 9.87. The third kappa shape index (κ3) is 4.27. The second-order valence-corrected chi connectivity index (χ2v) is 9.87. The molecular weight excluding hydrogens is 486 g/mol. The number of aliphatic hydroxyl groups is 1. The molecule has 0 saturated carbocycles. The Balaban J connectivity index is 1.55. The summed E-state index contributed by atoms with van der Waals surface area (Å²) in [5.41, 5.74) is -1.71. The molecule has 1 aliphatic heterocycles. The van der Waals surface area contributed by atoms with Crippen LogP contribution in [0, 0.1) is 6.92 Å². The van der Waals surface area contributed by atoms with Crippen LogP contribution in [-0.4, -0.2) is 29.8 Å². The summed E-state index contributed by atoms with van der Waals surface area (Å²) in [5, 5.41) is 10.2. The number of nitrogens with zero attached hydrogens (tertiary/aromatic N) is 1. The van der Waals surface area contributed by atoms with Crippen LogP contribution in [0.25, 0.3) is 0 Å². The number of amides is 1. The molecule has 0 saturated heterocycles. The summed E-state index contributed by atoms with van der Waals surface area (Å²) in [6, 6.07) is 19.1. The van der Waals surface area contributed by atoms with Gasteiger partial charge in [-0.25, -0.2) is 4.39 Å². The van der Waals surface area contributed by atoms with E-state index in [-0.39, 0.29) is 18.0 Å². The number of alkyl halides is 4. The van der Waals surface area contributed by atoms with Crippen molar-refractivity contribution in [3.63, 3.8) is 0 Å². The second kappa shape index (κ2) is 9.17. The van der Waals surface area contributed by atoms with Crippen LogP contribution in [0.3, 0.4) is 0 Å². The van der Waals surface area contributed by atoms with Gasteiger partial charge in [0.25, 0.3) is 0 Å². The number of rotatable bonds is 4. The molecule has 5 rings (SSSR count). The van der Waals surface area contributed by atoms with Crippen LogP contribution in [-0.2, 0) is 16.8 Å². The fraction of sp³-hybridized carbons (Fsp3) is 0.345. The van der Waals surface area contributed by atoms with Gasteiger partial charge in [-0.15, -0.1) is 0 Å². The van der Waals surface area contributed by atoms with Crippen molar-refractivity contribution in [1.82, 2.24) is 0 Å². The van der Waals surface area contributed by atoms with Crippen LogP contribution < -0.4 is 9.64 Å². The van der Waals surface area contributed by atoms with Gasteiger partial charge in [0.05, 0.1) is 12.5 Å². The van der Waals surface area contributed by atoms with E-state index in [9.17, 15) is 27.5 Å². The van der Waals surface area contributed by atoms with E-state index in [0.29, 0.717) is 29.8 Å². The van der Waals surface area contributed by atoms with E-state index in [1.807, 2.05) is 61.5 Å². The first-order valence-corrected chi connectivity index (χ1v) is 12.2. The van der Waals surface area contributed by atoms with Crippen LogP contribution in [0.5, 0.6) is 5.75 Å². The topological polar surface area (TPSA) is 49.8 Å². The Morgan fingerprint density at radius 3 is 2.51 bits per heavy atom. The highest BCUT2D eigenvalue weighted by Gasteiger charge is 2.68. The van der Waals surface area contributed by atoms with Gasteiger partial charge < -0.3 is 14.7 Å². The Hall–Kier alpha value is -3.39. The molecule has 1 amide bonds. The molecule has 0 spiro atoms. The molecule has 4 nitrogen and oxygen atoms in total. The van der Waals surface area contributed by atoms with Crippen molar-refractivity contribution in [1.29, 1.82) is 0 Å². The molecule has 194 valence electrons.